The highest BCUT2D eigenvalue weighted by atomic mass is 16.5. The molecule has 0 saturated heterocycles. The zero-order valence-corrected chi connectivity index (χ0v) is 13.9. The summed E-state index contributed by atoms with van der Waals surface area (Å²) in [7, 11) is 4.12. The van der Waals surface area contributed by atoms with Gasteiger partial charge in [0.15, 0.2) is 0 Å². The van der Waals surface area contributed by atoms with Gasteiger partial charge in [-0.05, 0) is 57.3 Å². The monoisotopic (exact) mass is 290 g/mol. The standard InChI is InChI=1S/C18H30N2O/c1-14-8-9-17(12-15(14)2)19-16-6-5-7-18(13-16)21-11-10-20(3)4/h5-7,13-15,17,19H,8-12H2,1-4H3. The van der Waals surface area contributed by atoms with Crippen molar-refractivity contribution in [3.63, 3.8) is 0 Å². The Bertz CT molecular complexity index is 433. The van der Waals surface area contributed by atoms with E-state index in [0.29, 0.717) is 6.04 Å². The summed E-state index contributed by atoms with van der Waals surface area (Å²) in [6, 6.07) is 8.97. The van der Waals surface area contributed by atoms with Crippen LogP contribution in [0.4, 0.5) is 5.69 Å². The molecule has 1 aromatic rings. The van der Waals surface area contributed by atoms with Crippen LogP contribution in [0.3, 0.4) is 0 Å². The Morgan fingerprint density at radius 2 is 2.00 bits per heavy atom. The van der Waals surface area contributed by atoms with E-state index in [2.05, 4.69) is 56.4 Å². The first-order chi connectivity index (χ1) is 10.0. The van der Waals surface area contributed by atoms with E-state index in [9.17, 15) is 0 Å². The van der Waals surface area contributed by atoms with Gasteiger partial charge in [0.1, 0.15) is 12.4 Å². The number of ether oxygens (including phenoxy) is 1. The quantitative estimate of drug-likeness (QED) is 0.861. The van der Waals surface area contributed by atoms with Crippen molar-refractivity contribution in [2.24, 2.45) is 11.8 Å². The summed E-state index contributed by atoms with van der Waals surface area (Å²) in [6.07, 6.45) is 3.88. The number of rotatable bonds is 6. The van der Waals surface area contributed by atoms with Crippen LogP contribution in [0.1, 0.15) is 33.1 Å². The maximum Gasteiger partial charge on any atom is 0.121 e. The average molecular weight is 290 g/mol. The Kier molecular flexibility index (Phi) is 5.92. The summed E-state index contributed by atoms with van der Waals surface area (Å²) in [5.74, 6) is 2.64. The third-order valence-corrected chi connectivity index (χ3v) is 4.61. The fourth-order valence-corrected chi connectivity index (χ4v) is 2.94. The SMILES string of the molecule is CC1CCC(Nc2cccc(OCCN(C)C)c2)CC1C. The molecule has 1 aliphatic carbocycles. The van der Waals surface area contributed by atoms with Crippen molar-refractivity contribution in [2.45, 2.75) is 39.2 Å². The average Bonchev–Trinajstić information content (AvgIpc) is 2.43. The first kappa shape index (κ1) is 16.2. The molecule has 0 spiro atoms. The molecule has 118 valence electrons. The van der Waals surface area contributed by atoms with Gasteiger partial charge in [-0.2, -0.15) is 0 Å². The fourth-order valence-electron chi connectivity index (χ4n) is 2.94. The minimum atomic E-state index is 0.605. The van der Waals surface area contributed by atoms with E-state index in [-0.39, 0.29) is 0 Å². The van der Waals surface area contributed by atoms with Crippen LogP contribution in [-0.4, -0.2) is 38.2 Å². The number of nitrogens with zero attached hydrogens (tertiary/aromatic N) is 1. The minimum absolute atomic E-state index is 0.605. The molecule has 2 rings (SSSR count). The van der Waals surface area contributed by atoms with E-state index in [4.69, 9.17) is 4.74 Å². The summed E-state index contributed by atoms with van der Waals surface area (Å²) in [5, 5.41) is 3.68. The van der Waals surface area contributed by atoms with Crippen LogP contribution in [-0.2, 0) is 0 Å². The topological polar surface area (TPSA) is 24.5 Å². The van der Waals surface area contributed by atoms with Crippen molar-refractivity contribution in [3.8, 4) is 5.75 Å². The second-order valence-corrected chi connectivity index (χ2v) is 6.79. The van der Waals surface area contributed by atoms with Gasteiger partial charge >= 0.3 is 0 Å². The molecule has 1 aliphatic rings. The van der Waals surface area contributed by atoms with Crippen molar-refractivity contribution >= 4 is 5.69 Å². The van der Waals surface area contributed by atoms with E-state index in [1.54, 1.807) is 0 Å². The van der Waals surface area contributed by atoms with Crippen molar-refractivity contribution in [2.75, 3.05) is 32.6 Å². The van der Waals surface area contributed by atoms with Crippen LogP contribution in [0.25, 0.3) is 0 Å². The molecule has 0 bridgehead atoms. The number of hydrogen-bond donors (Lipinski definition) is 1. The molecule has 1 saturated carbocycles. The molecule has 1 fully saturated rings. The van der Waals surface area contributed by atoms with Crippen molar-refractivity contribution < 1.29 is 4.74 Å². The van der Waals surface area contributed by atoms with E-state index in [1.807, 2.05) is 6.07 Å². The van der Waals surface area contributed by atoms with Gasteiger partial charge in [0.05, 0.1) is 0 Å². The van der Waals surface area contributed by atoms with Gasteiger partial charge in [-0.1, -0.05) is 19.9 Å². The summed E-state index contributed by atoms with van der Waals surface area (Å²) < 4.78 is 5.80. The van der Waals surface area contributed by atoms with Gasteiger partial charge < -0.3 is 15.0 Å². The fraction of sp³-hybridized carbons (Fsp3) is 0.667. The van der Waals surface area contributed by atoms with Gasteiger partial charge in [-0.15, -0.1) is 0 Å². The van der Waals surface area contributed by atoms with Crippen LogP contribution >= 0.6 is 0 Å². The van der Waals surface area contributed by atoms with E-state index in [1.165, 1.54) is 24.9 Å². The molecule has 0 heterocycles. The zero-order chi connectivity index (χ0) is 15.2. The number of nitrogens with one attached hydrogen (secondary N) is 1. The van der Waals surface area contributed by atoms with Crippen molar-refractivity contribution in [1.82, 2.24) is 4.90 Å². The molecule has 3 nitrogen and oxygen atoms in total. The molecule has 3 atom stereocenters. The highest BCUT2D eigenvalue weighted by Crippen LogP contribution is 2.31. The summed E-state index contributed by atoms with van der Waals surface area (Å²) in [6.45, 7) is 6.42. The molecule has 0 aromatic heterocycles. The highest BCUT2D eigenvalue weighted by Gasteiger charge is 2.24. The molecular weight excluding hydrogens is 260 g/mol. The van der Waals surface area contributed by atoms with Gasteiger partial charge in [0.2, 0.25) is 0 Å². The van der Waals surface area contributed by atoms with Gasteiger partial charge in [-0.3, -0.25) is 0 Å². The molecule has 3 unspecified atom stereocenters. The molecule has 0 radical (unpaired) electrons. The summed E-state index contributed by atoms with van der Waals surface area (Å²) in [5.41, 5.74) is 1.18. The lowest BCUT2D eigenvalue weighted by Crippen LogP contribution is -2.30. The molecule has 0 amide bonds. The largest absolute Gasteiger partial charge is 0.492 e. The number of anilines is 1. The Morgan fingerprint density at radius 1 is 1.19 bits per heavy atom. The van der Waals surface area contributed by atoms with Crippen LogP contribution in [0.15, 0.2) is 24.3 Å². The molecule has 0 aliphatic heterocycles. The maximum atomic E-state index is 5.80. The lowest BCUT2D eigenvalue weighted by atomic mass is 9.79. The Balaban J connectivity index is 1.86. The molecular formula is C18H30N2O. The van der Waals surface area contributed by atoms with Crippen LogP contribution in [0.2, 0.25) is 0 Å². The second kappa shape index (κ2) is 7.69. The maximum absolute atomic E-state index is 5.80. The number of benzene rings is 1. The molecule has 3 heteroatoms. The third kappa shape index (κ3) is 5.24. The number of likely N-dealkylation sites (N-methyl/N-ethyl adjacent to an activating group) is 1. The van der Waals surface area contributed by atoms with Gasteiger partial charge in [0, 0.05) is 24.3 Å². The predicted molar refractivity (Wildman–Crippen MR) is 90.1 cm³/mol. The van der Waals surface area contributed by atoms with Crippen LogP contribution in [0, 0.1) is 11.8 Å². The van der Waals surface area contributed by atoms with Gasteiger partial charge in [0.25, 0.3) is 0 Å². The summed E-state index contributed by atoms with van der Waals surface area (Å²) in [4.78, 5) is 2.13. The Morgan fingerprint density at radius 3 is 2.71 bits per heavy atom. The second-order valence-electron chi connectivity index (χ2n) is 6.79. The highest BCUT2D eigenvalue weighted by molar-refractivity contribution is 5.48. The normalized spacial score (nSPS) is 25.9. The molecule has 21 heavy (non-hydrogen) atoms. The number of hydrogen-bond acceptors (Lipinski definition) is 3. The minimum Gasteiger partial charge on any atom is -0.492 e. The summed E-state index contributed by atoms with van der Waals surface area (Å²) >= 11 is 0. The van der Waals surface area contributed by atoms with Crippen LogP contribution < -0.4 is 10.1 Å². The van der Waals surface area contributed by atoms with E-state index in [0.717, 1.165) is 30.7 Å². The molecule has 1 aromatic carbocycles. The zero-order valence-electron chi connectivity index (χ0n) is 13.9. The van der Waals surface area contributed by atoms with Gasteiger partial charge in [-0.25, -0.2) is 0 Å². The molecule has 1 N–H and O–H groups in total. The smallest absolute Gasteiger partial charge is 0.121 e. The Labute approximate surface area is 129 Å². The van der Waals surface area contributed by atoms with Crippen molar-refractivity contribution in [3.05, 3.63) is 24.3 Å². The lowest BCUT2D eigenvalue weighted by molar-refractivity contribution is 0.259. The lowest BCUT2D eigenvalue weighted by Gasteiger charge is -2.33. The van der Waals surface area contributed by atoms with E-state index >= 15 is 0 Å². The first-order valence-corrected chi connectivity index (χ1v) is 8.18. The van der Waals surface area contributed by atoms with E-state index < -0.39 is 0 Å². The van der Waals surface area contributed by atoms with Crippen LogP contribution in [0.5, 0.6) is 5.75 Å². The Hall–Kier alpha value is -1.22. The van der Waals surface area contributed by atoms with Crippen molar-refractivity contribution in [1.29, 1.82) is 0 Å². The predicted octanol–water partition coefficient (Wildman–Crippen LogP) is 3.86. The third-order valence-electron chi connectivity index (χ3n) is 4.61. The first-order valence-electron chi connectivity index (χ1n) is 8.18.